The van der Waals surface area contributed by atoms with Crippen LogP contribution in [0.3, 0.4) is 0 Å². The normalized spacial score (nSPS) is 20.3. The Hall–Kier alpha value is -1.16. The Morgan fingerprint density at radius 3 is 3.06 bits per heavy atom. The molecule has 1 saturated heterocycles. The van der Waals surface area contributed by atoms with Gasteiger partial charge in [-0.25, -0.2) is 9.97 Å². The zero-order valence-corrected chi connectivity index (χ0v) is 12.0. The number of hydrogen-bond acceptors (Lipinski definition) is 3. The lowest BCUT2D eigenvalue weighted by Crippen LogP contribution is -2.34. The fraction of sp³-hybridized carbons (Fsp3) is 0.429. The van der Waals surface area contributed by atoms with Gasteiger partial charge in [0.25, 0.3) is 0 Å². The van der Waals surface area contributed by atoms with E-state index in [1.165, 1.54) is 12.8 Å². The lowest BCUT2D eigenvalue weighted by Gasteiger charge is -2.32. The third kappa shape index (κ3) is 2.21. The summed E-state index contributed by atoms with van der Waals surface area (Å²) in [7, 11) is 0. The summed E-state index contributed by atoms with van der Waals surface area (Å²) in [5, 5.41) is 1.14. The molecule has 0 N–H and O–H groups in total. The largest absolute Gasteiger partial charge is 0.356 e. The van der Waals surface area contributed by atoms with Crippen LogP contribution in [0, 0.1) is 5.92 Å². The molecule has 0 saturated carbocycles. The number of hydrogen-bond donors (Lipinski definition) is 0. The van der Waals surface area contributed by atoms with Gasteiger partial charge >= 0.3 is 0 Å². The summed E-state index contributed by atoms with van der Waals surface area (Å²) in [6.07, 6.45) is 4.24. The molecule has 1 unspecified atom stereocenters. The minimum Gasteiger partial charge on any atom is -0.356 e. The summed E-state index contributed by atoms with van der Waals surface area (Å²) in [5.74, 6) is 1.82. The number of anilines is 1. The van der Waals surface area contributed by atoms with Gasteiger partial charge in [0.1, 0.15) is 12.1 Å². The number of halogens is 1. The fourth-order valence-electron chi connectivity index (χ4n) is 2.65. The molecule has 1 aromatic heterocycles. The highest BCUT2D eigenvalue weighted by molar-refractivity contribution is 9.10. The summed E-state index contributed by atoms with van der Waals surface area (Å²) < 4.78 is 1.08. The second-order valence-corrected chi connectivity index (χ2v) is 5.97. The summed E-state index contributed by atoms with van der Waals surface area (Å²) in [6, 6.07) is 6.18. The van der Waals surface area contributed by atoms with E-state index in [-0.39, 0.29) is 0 Å². The van der Waals surface area contributed by atoms with Crippen molar-refractivity contribution in [3.8, 4) is 0 Å². The maximum Gasteiger partial charge on any atom is 0.139 e. The first-order chi connectivity index (χ1) is 8.74. The monoisotopic (exact) mass is 305 g/mol. The molecule has 0 radical (unpaired) electrons. The van der Waals surface area contributed by atoms with Crippen molar-refractivity contribution in [2.75, 3.05) is 18.0 Å². The van der Waals surface area contributed by atoms with Crippen molar-refractivity contribution >= 4 is 32.7 Å². The summed E-state index contributed by atoms with van der Waals surface area (Å²) in [4.78, 5) is 11.2. The lowest BCUT2D eigenvalue weighted by atomic mass is 10.00. The maximum absolute atomic E-state index is 4.50. The molecule has 2 heterocycles. The van der Waals surface area contributed by atoms with E-state index < -0.39 is 0 Å². The highest BCUT2D eigenvalue weighted by Crippen LogP contribution is 2.29. The molecule has 0 bridgehead atoms. The van der Waals surface area contributed by atoms with Gasteiger partial charge in [-0.05, 0) is 37.0 Å². The van der Waals surface area contributed by atoms with Gasteiger partial charge in [0.05, 0.1) is 5.52 Å². The first kappa shape index (κ1) is 11.9. The van der Waals surface area contributed by atoms with Crippen molar-refractivity contribution in [1.82, 2.24) is 9.97 Å². The predicted molar refractivity (Wildman–Crippen MR) is 77.8 cm³/mol. The fourth-order valence-corrected chi connectivity index (χ4v) is 3.01. The van der Waals surface area contributed by atoms with Crippen LogP contribution in [-0.2, 0) is 0 Å². The molecule has 1 aliphatic heterocycles. The first-order valence-electron chi connectivity index (χ1n) is 6.39. The van der Waals surface area contributed by atoms with Crippen LogP contribution in [0.15, 0.2) is 29.0 Å². The molecule has 4 heteroatoms. The highest BCUT2D eigenvalue weighted by atomic mass is 79.9. The third-order valence-corrected chi connectivity index (χ3v) is 4.03. The first-order valence-corrected chi connectivity index (χ1v) is 7.18. The van der Waals surface area contributed by atoms with E-state index in [1.807, 2.05) is 12.1 Å². The summed E-state index contributed by atoms with van der Waals surface area (Å²) in [5.41, 5.74) is 1.02. The van der Waals surface area contributed by atoms with Crippen LogP contribution in [0.25, 0.3) is 10.9 Å². The van der Waals surface area contributed by atoms with Crippen LogP contribution >= 0.6 is 15.9 Å². The van der Waals surface area contributed by atoms with E-state index in [0.29, 0.717) is 0 Å². The third-order valence-electron chi connectivity index (χ3n) is 3.53. The Labute approximate surface area is 115 Å². The standard InChI is InChI=1S/C14H16BrN3/c1-10-3-2-6-18(8-10)14-12-7-11(15)4-5-13(12)16-9-17-14/h4-5,7,9-10H,2-3,6,8H2,1H3. The maximum atomic E-state index is 4.50. The Bertz CT molecular complexity index is 570. The summed E-state index contributed by atoms with van der Waals surface area (Å²) in [6.45, 7) is 4.51. The Morgan fingerprint density at radius 2 is 2.22 bits per heavy atom. The van der Waals surface area contributed by atoms with E-state index in [9.17, 15) is 0 Å². The highest BCUT2D eigenvalue weighted by Gasteiger charge is 2.19. The van der Waals surface area contributed by atoms with Crippen molar-refractivity contribution in [3.63, 3.8) is 0 Å². The molecular formula is C14H16BrN3. The molecule has 1 aromatic carbocycles. The van der Waals surface area contributed by atoms with Crippen LogP contribution in [0.2, 0.25) is 0 Å². The lowest BCUT2D eigenvalue weighted by molar-refractivity contribution is 0.445. The average Bonchev–Trinajstić information content (AvgIpc) is 2.38. The zero-order chi connectivity index (χ0) is 12.5. The smallest absolute Gasteiger partial charge is 0.139 e. The second kappa shape index (κ2) is 4.84. The van der Waals surface area contributed by atoms with E-state index in [2.05, 4.69) is 43.8 Å². The van der Waals surface area contributed by atoms with Gasteiger partial charge in [-0.15, -0.1) is 0 Å². The number of aromatic nitrogens is 2. The number of rotatable bonds is 1. The molecule has 94 valence electrons. The van der Waals surface area contributed by atoms with Crippen LogP contribution in [-0.4, -0.2) is 23.1 Å². The molecular weight excluding hydrogens is 290 g/mol. The molecule has 0 aliphatic carbocycles. The SMILES string of the molecule is CC1CCCN(c2ncnc3ccc(Br)cc23)C1. The zero-order valence-electron chi connectivity index (χ0n) is 10.4. The van der Waals surface area contributed by atoms with Gasteiger partial charge in [0, 0.05) is 22.9 Å². The molecule has 1 fully saturated rings. The minimum absolute atomic E-state index is 0.746. The molecule has 0 amide bonds. The Balaban J connectivity index is 2.07. The number of fused-ring (bicyclic) bond motifs is 1. The van der Waals surface area contributed by atoms with Crippen LogP contribution in [0.5, 0.6) is 0 Å². The topological polar surface area (TPSA) is 29.0 Å². The van der Waals surface area contributed by atoms with Gasteiger partial charge in [0.2, 0.25) is 0 Å². The molecule has 3 rings (SSSR count). The van der Waals surface area contributed by atoms with Crippen molar-refractivity contribution in [3.05, 3.63) is 29.0 Å². The second-order valence-electron chi connectivity index (χ2n) is 5.05. The van der Waals surface area contributed by atoms with Crippen LogP contribution in [0.1, 0.15) is 19.8 Å². The number of benzene rings is 1. The van der Waals surface area contributed by atoms with E-state index >= 15 is 0 Å². The van der Waals surface area contributed by atoms with E-state index in [1.54, 1.807) is 6.33 Å². The van der Waals surface area contributed by atoms with Crippen LogP contribution in [0.4, 0.5) is 5.82 Å². The molecule has 1 aliphatic rings. The van der Waals surface area contributed by atoms with Gasteiger partial charge < -0.3 is 4.90 Å². The molecule has 18 heavy (non-hydrogen) atoms. The van der Waals surface area contributed by atoms with Crippen molar-refractivity contribution < 1.29 is 0 Å². The Morgan fingerprint density at radius 1 is 1.33 bits per heavy atom. The van der Waals surface area contributed by atoms with Crippen molar-refractivity contribution in [1.29, 1.82) is 0 Å². The molecule has 0 spiro atoms. The predicted octanol–water partition coefficient (Wildman–Crippen LogP) is 3.63. The van der Waals surface area contributed by atoms with Crippen molar-refractivity contribution in [2.45, 2.75) is 19.8 Å². The van der Waals surface area contributed by atoms with E-state index in [4.69, 9.17) is 0 Å². The average molecular weight is 306 g/mol. The molecule has 3 nitrogen and oxygen atoms in total. The van der Waals surface area contributed by atoms with Gasteiger partial charge in [-0.2, -0.15) is 0 Å². The number of piperidine rings is 1. The van der Waals surface area contributed by atoms with Gasteiger partial charge in [0.15, 0.2) is 0 Å². The van der Waals surface area contributed by atoms with Gasteiger partial charge in [-0.1, -0.05) is 22.9 Å². The summed E-state index contributed by atoms with van der Waals surface area (Å²) >= 11 is 3.53. The van der Waals surface area contributed by atoms with E-state index in [0.717, 1.165) is 40.2 Å². The molecule has 2 aromatic rings. The minimum atomic E-state index is 0.746. The van der Waals surface area contributed by atoms with Crippen molar-refractivity contribution in [2.24, 2.45) is 5.92 Å². The number of nitrogens with zero attached hydrogens (tertiary/aromatic N) is 3. The van der Waals surface area contributed by atoms with Gasteiger partial charge in [-0.3, -0.25) is 0 Å². The van der Waals surface area contributed by atoms with Crippen LogP contribution < -0.4 is 4.90 Å². The Kier molecular flexibility index (Phi) is 3.20. The molecule has 1 atom stereocenters. The quantitative estimate of drug-likeness (QED) is 0.805.